The number of rotatable bonds is 3. The van der Waals surface area contributed by atoms with Gasteiger partial charge in [-0.15, -0.1) is 10.2 Å². The van der Waals surface area contributed by atoms with Crippen LogP contribution in [-0.2, 0) is 13.6 Å². The van der Waals surface area contributed by atoms with Crippen LogP contribution in [-0.4, -0.2) is 24.7 Å². The van der Waals surface area contributed by atoms with Crippen LogP contribution >= 0.6 is 0 Å². The highest BCUT2D eigenvalue weighted by molar-refractivity contribution is 5.32. The molecule has 1 N–H and O–H groups in total. The lowest BCUT2D eigenvalue weighted by Gasteiger charge is -2.03. The average Bonchev–Trinajstić information content (AvgIpc) is 2.61. The van der Waals surface area contributed by atoms with E-state index in [9.17, 15) is 4.39 Å². The topological polar surface area (TPSA) is 68.5 Å². The summed E-state index contributed by atoms with van der Waals surface area (Å²) in [5.41, 5.74) is 0. The molecule has 2 aromatic rings. The first kappa shape index (κ1) is 9.50. The third-order valence-electron chi connectivity index (χ3n) is 1.87. The van der Waals surface area contributed by atoms with E-state index >= 15 is 0 Å². The Hall–Kier alpha value is -2.05. The summed E-state index contributed by atoms with van der Waals surface area (Å²) in [6, 6.07) is 1.22. The SMILES string of the molecule is Cn1cnnc1CNc1cc(F)ncn1. The summed E-state index contributed by atoms with van der Waals surface area (Å²) in [5.74, 6) is 0.602. The molecule has 2 heterocycles. The van der Waals surface area contributed by atoms with Gasteiger partial charge < -0.3 is 9.88 Å². The molecule has 2 rings (SSSR count). The Labute approximate surface area is 85.2 Å². The van der Waals surface area contributed by atoms with Crippen molar-refractivity contribution < 1.29 is 4.39 Å². The van der Waals surface area contributed by atoms with E-state index in [1.54, 1.807) is 10.9 Å². The molecular formula is C8H9FN6. The van der Waals surface area contributed by atoms with E-state index in [2.05, 4.69) is 25.5 Å². The van der Waals surface area contributed by atoms with Crippen molar-refractivity contribution in [2.45, 2.75) is 6.54 Å². The van der Waals surface area contributed by atoms with Crippen LogP contribution in [0, 0.1) is 5.95 Å². The molecule has 0 unspecified atom stereocenters. The zero-order valence-corrected chi connectivity index (χ0v) is 8.05. The van der Waals surface area contributed by atoms with Crippen LogP contribution in [0.15, 0.2) is 18.7 Å². The van der Waals surface area contributed by atoms with Gasteiger partial charge in [-0.25, -0.2) is 9.97 Å². The highest BCUT2D eigenvalue weighted by Gasteiger charge is 2.01. The van der Waals surface area contributed by atoms with E-state index in [0.29, 0.717) is 12.4 Å². The van der Waals surface area contributed by atoms with Crippen LogP contribution in [0.2, 0.25) is 0 Å². The number of hydrogen-bond donors (Lipinski definition) is 1. The van der Waals surface area contributed by atoms with Gasteiger partial charge in [0.2, 0.25) is 5.95 Å². The van der Waals surface area contributed by atoms with Crippen molar-refractivity contribution >= 4 is 5.82 Å². The molecule has 78 valence electrons. The molecule has 0 saturated heterocycles. The molecule has 0 bridgehead atoms. The van der Waals surface area contributed by atoms with Crippen LogP contribution in [0.25, 0.3) is 0 Å². The number of hydrogen-bond acceptors (Lipinski definition) is 5. The third-order valence-corrected chi connectivity index (χ3v) is 1.87. The number of anilines is 1. The molecule has 6 nitrogen and oxygen atoms in total. The predicted octanol–water partition coefficient (Wildman–Crippen LogP) is 0.356. The monoisotopic (exact) mass is 208 g/mol. The summed E-state index contributed by atoms with van der Waals surface area (Å²) in [5, 5.41) is 10.5. The minimum atomic E-state index is -0.564. The second kappa shape index (κ2) is 3.99. The fraction of sp³-hybridized carbons (Fsp3) is 0.250. The maximum atomic E-state index is 12.7. The van der Waals surface area contributed by atoms with Gasteiger partial charge in [0, 0.05) is 13.1 Å². The number of nitrogens with zero attached hydrogens (tertiary/aromatic N) is 5. The minimum absolute atomic E-state index is 0.422. The molecular weight excluding hydrogens is 199 g/mol. The molecule has 15 heavy (non-hydrogen) atoms. The van der Waals surface area contributed by atoms with E-state index in [0.717, 1.165) is 12.2 Å². The quantitative estimate of drug-likeness (QED) is 0.737. The van der Waals surface area contributed by atoms with Gasteiger partial charge in [0.25, 0.3) is 0 Å². The van der Waals surface area contributed by atoms with Crippen LogP contribution in [0.4, 0.5) is 10.2 Å². The van der Waals surface area contributed by atoms with Crippen molar-refractivity contribution in [2.75, 3.05) is 5.32 Å². The number of nitrogens with one attached hydrogen (secondary N) is 1. The third kappa shape index (κ3) is 2.25. The molecule has 7 heteroatoms. The van der Waals surface area contributed by atoms with E-state index in [1.165, 1.54) is 6.07 Å². The Balaban J connectivity index is 2.02. The molecule has 0 aromatic carbocycles. The molecule has 0 fully saturated rings. The van der Waals surface area contributed by atoms with Crippen molar-refractivity contribution in [3.8, 4) is 0 Å². The summed E-state index contributed by atoms with van der Waals surface area (Å²) in [7, 11) is 1.83. The Morgan fingerprint density at radius 2 is 2.33 bits per heavy atom. The fourth-order valence-electron chi connectivity index (χ4n) is 1.07. The zero-order valence-electron chi connectivity index (χ0n) is 8.05. The van der Waals surface area contributed by atoms with Gasteiger partial charge in [0.1, 0.15) is 18.5 Å². The van der Waals surface area contributed by atoms with Crippen molar-refractivity contribution in [3.05, 3.63) is 30.5 Å². The smallest absolute Gasteiger partial charge is 0.217 e. The first-order chi connectivity index (χ1) is 7.25. The summed E-state index contributed by atoms with van der Waals surface area (Å²) >= 11 is 0. The Morgan fingerprint density at radius 1 is 1.47 bits per heavy atom. The maximum Gasteiger partial charge on any atom is 0.217 e. The maximum absolute atomic E-state index is 12.7. The molecule has 0 amide bonds. The molecule has 0 aliphatic carbocycles. The van der Waals surface area contributed by atoms with Gasteiger partial charge in [0.15, 0.2) is 5.82 Å². The summed E-state index contributed by atoms with van der Waals surface area (Å²) in [6.45, 7) is 0.437. The van der Waals surface area contributed by atoms with Crippen LogP contribution < -0.4 is 5.32 Å². The standard InChI is InChI=1S/C8H9FN6/c1-15-5-13-14-8(15)3-10-7-2-6(9)11-4-12-7/h2,4-5H,3H2,1H3,(H,10,11,12). The van der Waals surface area contributed by atoms with Crippen molar-refractivity contribution in [1.29, 1.82) is 0 Å². The van der Waals surface area contributed by atoms with Crippen molar-refractivity contribution in [2.24, 2.45) is 7.05 Å². The average molecular weight is 208 g/mol. The van der Waals surface area contributed by atoms with Gasteiger partial charge >= 0.3 is 0 Å². The Bertz CT molecular complexity index is 454. The lowest BCUT2D eigenvalue weighted by atomic mass is 10.5. The Morgan fingerprint density at radius 3 is 3.00 bits per heavy atom. The second-order valence-electron chi connectivity index (χ2n) is 2.94. The zero-order chi connectivity index (χ0) is 10.7. The number of halogens is 1. The molecule has 0 aliphatic heterocycles. The first-order valence-corrected chi connectivity index (χ1v) is 4.30. The Kier molecular flexibility index (Phi) is 2.53. The fourth-order valence-corrected chi connectivity index (χ4v) is 1.07. The predicted molar refractivity (Wildman–Crippen MR) is 50.3 cm³/mol. The van der Waals surface area contributed by atoms with E-state index in [1.807, 2.05) is 7.05 Å². The highest BCUT2D eigenvalue weighted by Crippen LogP contribution is 2.03. The lowest BCUT2D eigenvalue weighted by molar-refractivity contribution is 0.580. The van der Waals surface area contributed by atoms with E-state index in [4.69, 9.17) is 0 Å². The summed E-state index contributed by atoms with van der Waals surface area (Å²) < 4.78 is 14.5. The van der Waals surface area contributed by atoms with E-state index < -0.39 is 5.95 Å². The van der Waals surface area contributed by atoms with Gasteiger partial charge in [-0.1, -0.05) is 0 Å². The number of aryl methyl sites for hydroxylation is 1. The van der Waals surface area contributed by atoms with Gasteiger partial charge in [0.05, 0.1) is 6.54 Å². The van der Waals surface area contributed by atoms with Gasteiger partial charge in [-0.05, 0) is 0 Å². The van der Waals surface area contributed by atoms with Crippen LogP contribution in [0.5, 0.6) is 0 Å². The minimum Gasteiger partial charge on any atom is -0.363 e. The largest absolute Gasteiger partial charge is 0.363 e. The molecule has 0 radical (unpaired) electrons. The second-order valence-corrected chi connectivity index (χ2v) is 2.94. The molecule has 0 aliphatic rings. The molecule has 2 aromatic heterocycles. The summed E-state index contributed by atoms with van der Waals surface area (Å²) in [4.78, 5) is 7.20. The van der Waals surface area contributed by atoms with E-state index in [-0.39, 0.29) is 0 Å². The highest BCUT2D eigenvalue weighted by atomic mass is 19.1. The van der Waals surface area contributed by atoms with Crippen LogP contribution in [0.3, 0.4) is 0 Å². The normalized spacial score (nSPS) is 10.3. The molecule has 0 atom stereocenters. The first-order valence-electron chi connectivity index (χ1n) is 4.30. The molecule has 0 saturated carbocycles. The molecule has 0 spiro atoms. The lowest BCUT2D eigenvalue weighted by Crippen LogP contribution is -2.07. The van der Waals surface area contributed by atoms with Crippen LogP contribution in [0.1, 0.15) is 5.82 Å². The van der Waals surface area contributed by atoms with Gasteiger partial charge in [-0.2, -0.15) is 4.39 Å². The van der Waals surface area contributed by atoms with Crippen molar-refractivity contribution in [1.82, 2.24) is 24.7 Å². The van der Waals surface area contributed by atoms with Gasteiger partial charge in [-0.3, -0.25) is 0 Å². The van der Waals surface area contributed by atoms with Crippen molar-refractivity contribution in [3.63, 3.8) is 0 Å². The summed E-state index contributed by atoms with van der Waals surface area (Å²) in [6.07, 6.45) is 2.76. The number of aromatic nitrogens is 5.